The summed E-state index contributed by atoms with van der Waals surface area (Å²) >= 11 is 1.45. The zero-order valence-electron chi connectivity index (χ0n) is 22.5. The van der Waals surface area contributed by atoms with Crippen LogP contribution < -0.4 is 10.6 Å². The first-order valence-corrected chi connectivity index (χ1v) is 14.5. The molecule has 1 aromatic carbocycles. The van der Waals surface area contributed by atoms with E-state index >= 15 is 0 Å². The third kappa shape index (κ3) is 6.03. The Morgan fingerprint density at radius 2 is 1.92 bits per heavy atom. The van der Waals surface area contributed by atoms with E-state index in [2.05, 4.69) is 25.9 Å². The lowest BCUT2D eigenvalue weighted by Gasteiger charge is -2.41. The molecule has 2 bridgehead atoms. The van der Waals surface area contributed by atoms with Crippen LogP contribution in [0.5, 0.6) is 0 Å². The van der Waals surface area contributed by atoms with E-state index < -0.39 is 11.5 Å². The largest absolute Gasteiger partial charge is 0.354 e. The molecule has 0 unspecified atom stereocenters. The average Bonchev–Trinajstić information content (AvgIpc) is 3.56. The third-order valence-corrected chi connectivity index (χ3v) is 8.99. The first kappa shape index (κ1) is 27.0. The number of hydrogen-bond acceptors (Lipinski definition) is 7. The van der Waals surface area contributed by atoms with Gasteiger partial charge in [-0.05, 0) is 38.2 Å². The zero-order valence-corrected chi connectivity index (χ0v) is 23.3. The highest BCUT2D eigenvalue weighted by molar-refractivity contribution is 7.13. The van der Waals surface area contributed by atoms with Crippen molar-refractivity contribution >= 4 is 29.1 Å². The van der Waals surface area contributed by atoms with E-state index in [1.54, 1.807) is 4.68 Å². The van der Waals surface area contributed by atoms with E-state index in [0.29, 0.717) is 63.2 Å². The molecule has 2 aromatic heterocycles. The van der Waals surface area contributed by atoms with Gasteiger partial charge in [0.2, 0.25) is 11.8 Å². The predicted octanol–water partition coefficient (Wildman–Crippen LogP) is 2.32. The highest BCUT2D eigenvalue weighted by Crippen LogP contribution is 2.36. The monoisotopic (exact) mass is 549 g/mol. The Hall–Kier alpha value is -3.60. The summed E-state index contributed by atoms with van der Waals surface area (Å²) in [7, 11) is 0. The van der Waals surface area contributed by atoms with Crippen LogP contribution in [-0.4, -0.2) is 68.3 Å². The van der Waals surface area contributed by atoms with Crippen molar-refractivity contribution in [3.8, 4) is 0 Å². The number of piperidine rings is 1. The maximum absolute atomic E-state index is 14.0. The molecule has 10 nitrogen and oxygen atoms in total. The minimum absolute atomic E-state index is 0.0307. The van der Waals surface area contributed by atoms with Crippen LogP contribution in [0.15, 0.2) is 36.5 Å². The fourth-order valence-electron chi connectivity index (χ4n) is 5.39. The van der Waals surface area contributed by atoms with Crippen molar-refractivity contribution < 1.29 is 14.4 Å². The standard InChI is InChI=1S/C28H35N7O3S/c1-3-23-30-19(2)24(39-23)26(37)34-14-10-28(11-15-34)17-21-18-35(33-32-21)13-7-12-29-25(36)22(31-27(28)38)16-20-8-5-4-6-9-20/h4-6,8-9,18,22H,3,7,10-17H2,1-2H3,(H,29,36)(H,31,38)/t22-/m0/s1. The lowest BCUT2D eigenvalue weighted by molar-refractivity contribution is -0.137. The molecule has 1 saturated heterocycles. The number of rotatable bonds is 4. The van der Waals surface area contributed by atoms with Gasteiger partial charge >= 0.3 is 0 Å². The number of likely N-dealkylation sites (tertiary alicyclic amines) is 1. The normalized spacial score (nSPS) is 19.9. The summed E-state index contributed by atoms with van der Waals surface area (Å²) in [6.45, 7) is 5.89. The van der Waals surface area contributed by atoms with E-state index in [0.717, 1.165) is 28.4 Å². The molecule has 3 amide bonds. The van der Waals surface area contributed by atoms with Crippen LogP contribution in [0.4, 0.5) is 0 Å². The number of thiazole rings is 1. The van der Waals surface area contributed by atoms with Gasteiger partial charge in [-0.25, -0.2) is 4.98 Å². The van der Waals surface area contributed by atoms with Gasteiger partial charge in [-0.15, -0.1) is 16.4 Å². The SMILES string of the molecule is CCc1nc(C)c(C(=O)N2CCC3(CC2)Cc2cn(nn2)CCCNC(=O)[C@H](Cc2ccccc2)NC3=O)s1. The van der Waals surface area contributed by atoms with Crippen LogP contribution in [0.2, 0.25) is 0 Å². The van der Waals surface area contributed by atoms with Crippen LogP contribution in [0.1, 0.15) is 57.8 Å². The van der Waals surface area contributed by atoms with E-state index in [4.69, 9.17) is 0 Å². The summed E-state index contributed by atoms with van der Waals surface area (Å²) in [6, 6.07) is 9.02. The van der Waals surface area contributed by atoms with Crippen LogP contribution in [0.3, 0.4) is 0 Å². The zero-order chi connectivity index (χ0) is 27.4. The third-order valence-electron chi connectivity index (χ3n) is 7.70. The van der Waals surface area contributed by atoms with E-state index in [1.807, 2.05) is 55.3 Å². The minimum atomic E-state index is -0.807. The van der Waals surface area contributed by atoms with Gasteiger partial charge in [-0.3, -0.25) is 19.1 Å². The molecule has 1 fully saturated rings. The summed E-state index contributed by atoms with van der Waals surface area (Å²) in [4.78, 5) is 47.6. The molecule has 4 heterocycles. The first-order chi connectivity index (χ1) is 18.9. The Kier molecular flexibility index (Phi) is 8.06. The number of benzene rings is 1. The molecular weight excluding hydrogens is 514 g/mol. The van der Waals surface area contributed by atoms with Gasteiger partial charge in [-0.1, -0.05) is 42.5 Å². The molecule has 2 aliphatic rings. The van der Waals surface area contributed by atoms with Gasteiger partial charge in [0.1, 0.15) is 10.9 Å². The van der Waals surface area contributed by atoms with E-state index in [1.165, 1.54) is 11.3 Å². The maximum atomic E-state index is 14.0. The van der Waals surface area contributed by atoms with E-state index in [-0.39, 0.29) is 17.7 Å². The van der Waals surface area contributed by atoms with Crippen molar-refractivity contribution in [2.75, 3.05) is 19.6 Å². The maximum Gasteiger partial charge on any atom is 0.265 e. The number of amides is 3. The molecule has 206 valence electrons. The highest BCUT2D eigenvalue weighted by atomic mass is 32.1. The smallest absolute Gasteiger partial charge is 0.265 e. The summed E-state index contributed by atoms with van der Waals surface area (Å²) < 4.78 is 1.77. The molecule has 2 aliphatic heterocycles. The highest BCUT2D eigenvalue weighted by Gasteiger charge is 2.44. The average molecular weight is 550 g/mol. The van der Waals surface area contributed by atoms with Crippen LogP contribution >= 0.6 is 11.3 Å². The molecular formula is C28H35N7O3S. The molecule has 1 atom stereocenters. The topological polar surface area (TPSA) is 122 Å². The van der Waals surface area contributed by atoms with Gasteiger partial charge in [0.05, 0.1) is 21.8 Å². The molecule has 0 aliphatic carbocycles. The Labute approximate surface area is 232 Å². The summed E-state index contributed by atoms with van der Waals surface area (Å²) in [6.07, 6.45) is 5.13. The molecule has 3 aromatic rings. The number of nitrogens with zero attached hydrogens (tertiary/aromatic N) is 5. The molecule has 0 saturated carbocycles. The molecule has 1 spiro atoms. The lowest BCUT2D eigenvalue weighted by Crippen LogP contribution is -2.56. The van der Waals surface area contributed by atoms with Gasteiger partial charge < -0.3 is 15.5 Å². The number of aryl methyl sites for hydroxylation is 3. The van der Waals surface area contributed by atoms with Crippen LogP contribution in [0.25, 0.3) is 0 Å². The number of carbonyl (C=O) groups excluding carboxylic acids is 3. The van der Waals surface area contributed by atoms with Crippen molar-refractivity contribution in [2.24, 2.45) is 5.41 Å². The lowest BCUT2D eigenvalue weighted by atomic mass is 9.73. The van der Waals surface area contributed by atoms with Gasteiger partial charge in [-0.2, -0.15) is 0 Å². The van der Waals surface area contributed by atoms with Crippen molar-refractivity contribution in [2.45, 2.75) is 65.0 Å². The summed E-state index contributed by atoms with van der Waals surface area (Å²) in [5.74, 6) is -0.404. The molecule has 11 heteroatoms. The first-order valence-electron chi connectivity index (χ1n) is 13.6. The molecule has 5 rings (SSSR count). The summed E-state index contributed by atoms with van der Waals surface area (Å²) in [5.41, 5.74) is 1.67. The Bertz CT molecular complexity index is 1330. The second-order valence-electron chi connectivity index (χ2n) is 10.5. The van der Waals surface area contributed by atoms with Crippen molar-refractivity contribution in [1.82, 2.24) is 35.5 Å². The van der Waals surface area contributed by atoms with Gasteiger partial charge in [0, 0.05) is 45.2 Å². The van der Waals surface area contributed by atoms with Crippen molar-refractivity contribution in [3.05, 3.63) is 63.4 Å². The predicted molar refractivity (Wildman–Crippen MR) is 147 cm³/mol. The number of carbonyl (C=O) groups is 3. The Morgan fingerprint density at radius 1 is 1.15 bits per heavy atom. The number of nitrogens with one attached hydrogen (secondary N) is 2. The van der Waals surface area contributed by atoms with Crippen molar-refractivity contribution in [1.29, 1.82) is 0 Å². The van der Waals surface area contributed by atoms with E-state index in [9.17, 15) is 14.4 Å². The Morgan fingerprint density at radius 3 is 2.64 bits per heavy atom. The van der Waals surface area contributed by atoms with Gasteiger partial charge in [0.25, 0.3) is 5.91 Å². The summed E-state index contributed by atoms with van der Waals surface area (Å²) in [5, 5.41) is 15.6. The second-order valence-corrected chi connectivity index (χ2v) is 11.5. The number of fused-ring (bicyclic) bond motifs is 2. The molecule has 39 heavy (non-hydrogen) atoms. The quantitative estimate of drug-likeness (QED) is 0.515. The minimum Gasteiger partial charge on any atom is -0.354 e. The molecule has 0 radical (unpaired) electrons. The Balaban J connectivity index is 1.39. The second kappa shape index (κ2) is 11.6. The van der Waals surface area contributed by atoms with Crippen LogP contribution in [-0.2, 0) is 35.4 Å². The van der Waals surface area contributed by atoms with Gasteiger partial charge in [0.15, 0.2) is 0 Å². The number of aromatic nitrogens is 4. The fourth-order valence-corrected chi connectivity index (χ4v) is 6.36. The fraction of sp³-hybridized carbons (Fsp3) is 0.500. The number of hydrogen-bond donors (Lipinski definition) is 2. The van der Waals surface area contributed by atoms with Crippen LogP contribution in [0, 0.1) is 12.3 Å². The van der Waals surface area contributed by atoms with Crippen molar-refractivity contribution in [3.63, 3.8) is 0 Å². The molecule has 2 N–H and O–H groups in total.